The number of rotatable bonds is 4. The fraction of sp³-hybridized carbons (Fsp3) is 0.455. The molecule has 0 bridgehead atoms. The van der Waals surface area contributed by atoms with E-state index in [1.807, 2.05) is 24.3 Å². The number of halogens is 1. The SMILES string of the molecule is CCCC[C@@H](N)c1ccccc1Cl. The van der Waals surface area contributed by atoms with Crippen LogP contribution >= 0.6 is 11.6 Å². The van der Waals surface area contributed by atoms with E-state index in [1.165, 1.54) is 6.42 Å². The van der Waals surface area contributed by atoms with Crippen LogP contribution in [0.25, 0.3) is 0 Å². The zero-order valence-corrected chi connectivity index (χ0v) is 8.72. The Hall–Kier alpha value is -0.530. The quantitative estimate of drug-likeness (QED) is 0.785. The predicted octanol–water partition coefficient (Wildman–Crippen LogP) is 3.53. The third-order valence-electron chi connectivity index (χ3n) is 2.17. The van der Waals surface area contributed by atoms with E-state index in [2.05, 4.69) is 6.92 Å². The number of hydrogen-bond donors (Lipinski definition) is 1. The third-order valence-corrected chi connectivity index (χ3v) is 2.52. The Kier molecular flexibility index (Phi) is 4.26. The van der Waals surface area contributed by atoms with Crippen molar-refractivity contribution in [1.29, 1.82) is 0 Å². The summed E-state index contributed by atoms with van der Waals surface area (Å²) >= 11 is 6.02. The maximum Gasteiger partial charge on any atom is 0.0453 e. The maximum absolute atomic E-state index is 6.02. The largest absolute Gasteiger partial charge is 0.324 e. The van der Waals surface area contributed by atoms with Gasteiger partial charge in [0, 0.05) is 11.1 Å². The van der Waals surface area contributed by atoms with E-state index in [0.29, 0.717) is 0 Å². The van der Waals surface area contributed by atoms with Crippen LogP contribution in [-0.2, 0) is 0 Å². The topological polar surface area (TPSA) is 26.0 Å². The summed E-state index contributed by atoms with van der Waals surface area (Å²) < 4.78 is 0. The van der Waals surface area contributed by atoms with E-state index in [1.54, 1.807) is 0 Å². The van der Waals surface area contributed by atoms with E-state index < -0.39 is 0 Å². The summed E-state index contributed by atoms with van der Waals surface area (Å²) in [5.41, 5.74) is 7.06. The van der Waals surface area contributed by atoms with Gasteiger partial charge in [0.25, 0.3) is 0 Å². The molecular weight excluding hydrogens is 182 g/mol. The second-order valence-corrected chi connectivity index (χ2v) is 3.68. The van der Waals surface area contributed by atoms with E-state index in [9.17, 15) is 0 Å². The summed E-state index contributed by atoms with van der Waals surface area (Å²) in [6.45, 7) is 2.17. The van der Waals surface area contributed by atoms with Gasteiger partial charge < -0.3 is 5.73 Å². The molecule has 0 unspecified atom stereocenters. The summed E-state index contributed by atoms with van der Waals surface area (Å²) in [4.78, 5) is 0. The highest BCUT2D eigenvalue weighted by Crippen LogP contribution is 2.24. The van der Waals surface area contributed by atoms with Crippen LogP contribution in [0.5, 0.6) is 0 Å². The summed E-state index contributed by atoms with van der Waals surface area (Å²) in [6.07, 6.45) is 3.35. The van der Waals surface area contributed by atoms with Gasteiger partial charge in [0.2, 0.25) is 0 Å². The van der Waals surface area contributed by atoms with Crippen molar-refractivity contribution in [3.8, 4) is 0 Å². The summed E-state index contributed by atoms with van der Waals surface area (Å²) in [5, 5.41) is 0.783. The lowest BCUT2D eigenvalue weighted by Crippen LogP contribution is -2.10. The molecule has 72 valence electrons. The predicted molar refractivity (Wildman–Crippen MR) is 57.9 cm³/mol. The van der Waals surface area contributed by atoms with Crippen LogP contribution in [-0.4, -0.2) is 0 Å². The first-order valence-corrected chi connectivity index (χ1v) is 5.13. The second kappa shape index (κ2) is 5.25. The molecule has 0 heterocycles. The molecular formula is C11H16ClN. The molecule has 1 aromatic carbocycles. The van der Waals surface area contributed by atoms with Crippen LogP contribution < -0.4 is 5.73 Å². The van der Waals surface area contributed by atoms with Crippen molar-refractivity contribution >= 4 is 11.6 Å². The molecule has 0 aliphatic carbocycles. The molecule has 2 heteroatoms. The van der Waals surface area contributed by atoms with Gasteiger partial charge in [-0.15, -0.1) is 0 Å². The first-order valence-electron chi connectivity index (χ1n) is 4.75. The summed E-state index contributed by atoms with van der Waals surface area (Å²) in [7, 11) is 0. The van der Waals surface area contributed by atoms with Crippen molar-refractivity contribution in [3.63, 3.8) is 0 Å². The first kappa shape index (κ1) is 10.6. The Morgan fingerprint density at radius 1 is 1.38 bits per heavy atom. The molecule has 0 radical (unpaired) electrons. The molecule has 0 fully saturated rings. The molecule has 0 amide bonds. The number of nitrogens with two attached hydrogens (primary N) is 1. The fourth-order valence-corrected chi connectivity index (χ4v) is 1.63. The zero-order chi connectivity index (χ0) is 9.68. The summed E-state index contributed by atoms with van der Waals surface area (Å²) in [5.74, 6) is 0. The Balaban J connectivity index is 2.65. The van der Waals surface area contributed by atoms with Crippen LogP contribution in [0, 0.1) is 0 Å². The highest BCUT2D eigenvalue weighted by atomic mass is 35.5. The van der Waals surface area contributed by atoms with Crippen LogP contribution in [0.2, 0.25) is 5.02 Å². The van der Waals surface area contributed by atoms with Crippen molar-refractivity contribution in [2.45, 2.75) is 32.2 Å². The molecule has 0 aliphatic rings. The molecule has 0 saturated carbocycles. The maximum atomic E-state index is 6.02. The molecule has 2 N–H and O–H groups in total. The van der Waals surface area contributed by atoms with Gasteiger partial charge in [-0.25, -0.2) is 0 Å². The van der Waals surface area contributed by atoms with E-state index in [-0.39, 0.29) is 6.04 Å². The minimum atomic E-state index is 0.0913. The normalized spacial score (nSPS) is 12.8. The third kappa shape index (κ3) is 3.02. The number of unbranched alkanes of at least 4 members (excludes halogenated alkanes) is 1. The van der Waals surface area contributed by atoms with Crippen molar-refractivity contribution in [1.82, 2.24) is 0 Å². The molecule has 13 heavy (non-hydrogen) atoms. The lowest BCUT2D eigenvalue weighted by Gasteiger charge is -2.12. The highest BCUT2D eigenvalue weighted by Gasteiger charge is 2.07. The van der Waals surface area contributed by atoms with E-state index in [4.69, 9.17) is 17.3 Å². The minimum absolute atomic E-state index is 0.0913. The van der Waals surface area contributed by atoms with Gasteiger partial charge in [-0.3, -0.25) is 0 Å². The Morgan fingerprint density at radius 3 is 2.69 bits per heavy atom. The zero-order valence-electron chi connectivity index (χ0n) is 7.96. The van der Waals surface area contributed by atoms with Gasteiger partial charge in [0.05, 0.1) is 0 Å². The minimum Gasteiger partial charge on any atom is -0.324 e. The molecule has 1 rings (SSSR count). The van der Waals surface area contributed by atoms with Crippen molar-refractivity contribution in [2.24, 2.45) is 5.73 Å². The Bertz CT molecular complexity index is 260. The standard InChI is InChI=1S/C11H16ClN/c1-2-3-8-11(13)9-6-4-5-7-10(9)12/h4-7,11H,2-3,8,13H2,1H3/t11-/m1/s1. The molecule has 1 nitrogen and oxygen atoms in total. The van der Waals surface area contributed by atoms with Crippen LogP contribution in [0.15, 0.2) is 24.3 Å². The summed E-state index contributed by atoms with van der Waals surface area (Å²) in [6, 6.07) is 7.89. The highest BCUT2D eigenvalue weighted by molar-refractivity contribution is 6.31. The molecule has 1 atom stereocenters. The van der Waals surface area contributed by atoms with Crippen molar-refractivity contribution in [3.05, 3.63) is 34.9 Å². The average molecular weight is 198 g/mol. The fourth-order valence-electron chi connectivity index (χ4n) is 1.36. The van der Waals surface area contributed by atoms with Gasteiger partial charge >= 0.3 is 0 Å². The van der Waals surface area contributed by atoms with Crippen LogP contribution in [0.4, 0.5) is 0 Å². The smallest absolute Gasteiger partial charge is 0.0453 e. The number of hydrogen-bond acceptors (Lipinski definition) is 1. The monoisotopic (exact) mass is 197 g/mol. The van der Waals surface area contributed by atoms with Gasteiger partial charge in [-0.05, 0) is 18.1 Å². The Labute approximate surface area is 84.9 Å². The van der Waals surface area contributed by atoms with Crippen molar-refractivity contribution in [2.75, 3.05) is 0 Å². The van der Waals surface area contributed by atoms with Crippen LogP contribution in [0.3, 0.4) is 0 Å². The lowest BCUT2D eigenvalue weighted by atomic mass is 10.0. The molecule has 0 aromatic heterocycles. The molecule has 0 aliphatic heterocycles. The molecule has 0 saturated heterocycles. The van der Waals surface area contributed by atoms with Gasteiger partial charge in [0.15, 0.2) is 0 Å². The average Bonchev–Trinajstić information content (AvgIpc) is 2.15. The van der Waals surface area contributed by atoms with Gasteiger partial charge in [-0.1, -0.05) is 49.6 Å². The molecule has 0 spiro atoms. The van der Waals surface area contributed by atoms with E-state index in [0.717, 1.165) is 23.4 Å². The lowest BCUT2D eigenvalue weighted by molar-refractivity contribution is 0.603. The molecule has 1 aromatic rings. The Morgan fingerprint density at radius 2 is 2.08 bits per heavy atom. The van der Waals surface area contributed by atoms with E-state index >= 15 is 0 Å². The van der Waals surface area contributed by atoms with Crippen LogP contribution in [0.1, 0.15) is 37.8 Å². The van der Waals surface area contributed by atoms with Gasteiger partial charge in [0.1, 0.15) is 0 Å². The second-order valence-electron chi connectivity index (χ2n) is 3.27. The van der Waals surface area contributed by atoms with Gasteiger partial charge in [-0.2, -0.15) is 0 Å². The number of benzene rings is 1. The van der Waals surface area contributed by atoms with Crippen molar-refractivity contribution < 1.29 is 0 Å². The first-order chi connectivity index (χ1) is 6.25.